The monoisotopic (exact) mass is 395 g/mol. The van der Waals surface area contributed by atoms with E-state index in [1.54, 1.807) is 6.07 Å². The van der Waals surface area contributed by atoms with Crippen LogP contribution in [0.5, 0.6) is 0 Å². The van der Waals surface area contributed by atoms with Crippen molar-refractivity contribution in [3.8, 4) is 0 Å². The molecule has 0 radical (unpaired) electrons. The summed E-state index contributed by atoms with van der Waals surface area (Å²) in [6, 6.07) is 14.2. The normalized spacial score (nSPS) is 23.7. The lowest BCUT2D eigenvalue weighted by Crippen LogP contribution is -2.48. The van der Waals surface area contributed by atoms with Crippen molar-refractivity contribution in [1.29, 1.82) is 0 Å². The molecule has 0 heterocycles. The first-order chi connectivity index (χ1) is 12.4. The highest BCUT2D eigenvalue weighted by Gasteiger charge is 2.44. The van der Waals surface area contributed by atoms with Crippen molar-refractivity contribution in [3.63, 3.8) is 0 Å². The number of benzene rings is 2. The fourth-order valence-electron chi connectivity index (χ4n) is 4.46. The zero-order valence-corrected chi connectivity index (χ0v) is 16.7. The fourth-order valence-corrected chi connectivity index (χ4v) is 4.46. The molecule has 2 nitrogen and oxygen atoms in total. The van der Waals surface area contributed by atoms with Gasteiger partial charge in [0.05, 0.1) is 5.60 Å². The second-order valence-corrected chi connectivity index (χ2v) is 7.70. The van der Waals surface area contributed by atoms with Crippen molar-refractivity contribution in [3.05, 3.63) is 71.3 Å². The first-order valence-electron chi connectivity index (χ1n) is 9.28. The van der Waals surface area contributed by atoms with E-state index in [4.69, 9.17) is 0 Å². The first-order valence-corrected chi connectivity index (χ1v) is 9.28. The molecule has 0 saturated heterocycles. The Morgan fingerprint density at radius 3 is 2.41 bits per heavy atom. The maximum Gasteiger partial charge on any atom is 0.159 e. The standard InChI is InChI=1S/C22H27F2NO.ClH/c1-25(2)21(17-8-4-3-5-9-17)18-10-6-7-13-22(18,26)15-16-11-12-19(23)20(24)14-16;/h3-5,8-9,11-12,14,18,21,26H,6-7,10,13,15H2,1-2H3;1H. The molecule has 1 fully saturated rings. The highest BCUT2D eigenvalue weighted by molar-refractivity contribution is 5.85. The SMILES string of the molecule is CN(C)C(c1ccccc1)C1CCCCC1(O)Cc1ccc(F)c(F)c1.Cl. The molecule has 5 heteroatoms. The van der Waals surface area contributed by atoms with Crippen LogP contribution in [0.1, 0.15) is 42.9 Å². The molecular weight excluding hydrogens is 368 g/mol. The second kappa shape index (κ2) is 9.13. The summed E-state index contributed by atoms with van der Waals surface area (Å²) in [5.41, 5.74) is 0.879. The summed E-state index contributed by atoms with van der Waals surface area (Å²) in [5.74, 6) is -1.68. The van der Waals surface area contributed by atoms with E-state index < -0.39 is 17.2 Å². The molecule has 27 heavy (non-hydrogen) atoms. The summed E-state index contributed by atoms with van der Waals surface area (Å²) < 4.78 is 26.9. The average Bonchev–Trinajstić information content (AvgIpc) is 2.61. The van der Waals surface area contributed by atoms with Crippen LogP contribution in [-0.2, 0) is 6.42 Å². The topological polar surface area (TPSA) is 23.5 Å². The molecule has 1 saturated carbocycles. The van der Waals surface area contributed by atoms with Gasteiger partial charge in [0.2, 0.25) is 0 Å². The van der Waals surface area contributed by atoms with E-state index >= 15 is 0 Å². The Morgan fingerprint density at radius 1 is 1.07 bits per heavy atom. The molecule has 0 aromatic heterocycles. The van der Waals surface area contributed by atoms with Gasteiger partial charge in [-0.15, -0.1) is 12.4 Å². The summed E-state index contributed by atoms with van der Waals surface area (Å²) in [7, 11) is 4.06. The quantitative estimate of drug-likeness (QED) is 0.756. The lowest BCUT2D eigenvalue weighted by Gasteiger charge is -2.46. The van der Waals surface area contributed by atoms with Crippen molar-refractivity contribution >= 4 is 12.4 Å². The smallest absolute Gasteiger partial charge is 0.159 e. The summed E-state index contributed by atoms with van der Waals surface area (Å²) in [5, 5.41) is 11.6. The number of nitrogens with zero attached hydrogens (tertiary/aromatic N) is 1. The molecule has 3 unspecified atom stereocenters. The van der Waals surface area contributed by atoms with Crippen molar-refractivity contribution in [2.45, 2.75) is 43.7 Å². The summed E-state index contributed by atoms with van der Waals surface area (Å²) >= 11 is 0. The van der Waals surface area contributed by atoms with Gasteiger partial charge in [-0.3, -0.25) is 0 Å². The first kappa shape index (κ1) is 21.8. The van der Waals surface area contributed by atoms with Crippen LogP contribution in [0.15, 0.2) is 48.5 Å². The molecule has 0 amide bonds. The number of hydrogen-bond donors (Lipinski definition) is 1. The maximum atomic E-state index is 13.6. The van der Waals surface area contributed by atoms with E-state index in [0.717, 1.165) is 25.3 Å². The van der Waals surface area contributed by atoms with Crippen LogP contribution in [0.4, 0.5) is 8.78 Å². The predicted octanol–water partition coefficient (Wildman–Crippen LogP) is 5.15. The number of aliphatic hydroxyl groups is 1. The number of hydrogen-bond acceptors (Lipinski definition) is 2. The number of rotatable bonds is 5. The molecule has 148 valence electrons. The summed E-state index contributed by atoms with van der Waals surface area (Å²) in [6.07, 6.45) is 3.95. The minimum absolute atomic E-state index is 0. The van der Waals surface area contributed by atoms with Crippen molar-refractivity contribution in [2.75, 3.05) is 14.1 Å². The largest absolute Gasteiger partial charge is 0.389 e. The van der Waals surface area contributed by atoms with E-state index in [0.29, 0.717) is 18.4 Å². The van der Waals surface area contributed by atoms with Gasteiger partial charge in [0.1, 0.15) is 0 Å². The van der Waals surface area contributed by atoms with E-state index in [1.807, 2.05) is 32.3 Å². The third-order valence-corrected chi connectivity index (χ3v) is 5.64. The van der Waals surface area contributed by atoms with Gasteiger partial charge < -0.3 is 10.0 Å². The second-order valence-electron chi connectivity index (χ2n) is 7.70. The van der Waals surface area contributed by atoms with Crippen LogP contribution in [0.25, 0.3) is 0 Å². The molecule has 3 rings (SSSR count). The highest BCUT2D eigenvalue weighted by Crippen LogP contribution is 2.45. The van der Waals surface area contributed by atoms with Gasteiger partial charge >= 0.3 is 0 Å². The molecule has 2 aromatic rings. The van der Waals surface area contributed by atoms with Gasteiger partial charge in [0, 0.05) is 18.4 Å². The summed E-state index contributed by atoms with van der Waals surface area (Å²) in [4.78, 5) is 2.15. The van der Waals surface area contributed by atoms with Gasteiger partial charge in [0.25, 0.3) is 0 Å². The molecule has 1 aliphatic rings. The van der Waals surface area contributed by atoms with Crippen LogP contribution in [-0.4, -0.2) is 29.7 Å². The van der Waals surface area contributed by atoms with Crippen LogP contribution in [0, 0.1) is 17.6 Å². The Hall–Kier alpha value is -1.49. The van der Waals surface area contributed by atoms with Gasteiger partial charge in [-0.1, -0.05) is 49.2 Å². The molecule has 1 N–H and O–H groups in total. The van der Waals surface area contributed by atoms with E-state index in [-0.39, 0.29) is 24.4 Å². The third-order valence-electron chi connectivity index (χ3n) is 5.64. The van der Waals surface area contributed by atoms with E-state index in [1.165, 1.54) is 11.6 Å². The van der Waals surface area contributed by atoms with Crippen molar-refractivity contribution in [2.24, 2.45) is 5.92 Å². The Balaban J connectivity index is 0.00000261. The molecule has 0 bridgehead atoms. The van der Waals surface area contributed by atoms with E-state index in [9.17, 15) is 13.9 Å². The molecule has 0 aliphatic heterocycles. The van der Waals surface area contributed by atoms with E-state index in [2.05, 4.69) is 17.0 Å². The fraction of sp³-hybridized carbons (Fsp3) is 0.455. The Bertz CT molecular complexity index is 740. The maximum absolute atomic E-state index is 13.6. The Labute approximate surface area is 166 Å². The molecule has 2 aromatic carbocycles. The van der Waals surface area contributed by atoms with Crippen LogP contribution < -0.4 is 0 Å². The zero-order valence-electron chi connectivity index (χ0n) is 15.9. The molecular formula is C22H28ClF2NO. The highest BCUT2D eigenvalue weighted by atomic mass is 35.5. The predicted molar refractivity (Wildman–Crippen MR) is 107 cm³/mol. The minimum Gasteiger partial charge on any atom is -0.389 e. The van der Waals surface area contributed by atoms with Crippen molar-refractivity contribution < 1.29 is 13.9 Å². The lowest BCUT2D eigenvalue weighted by atomic mass is 9.67. The molecule has 0 spiro atoms. The van der Waals surface area contributed by atoms with Gasteiger partial charge in [-0.25, -0.2) is 8.78 Å². The van der Waals surface area contributed by atoms with Crippen LogP contribution in [0.3, 0.4) is 0 Å². The third kappa shape index (κ3) is 4.87. The Morgan fingerprint density at radius 2 is 1.78 bits per heavy atom. The molecule has 3 atom stereocenters. The number of halogens is 3. The van der Waals surface area contributed by atoms with Gasteiger partial charge in [-0.05, 0) is 50.2 Å². The van der Waals surface area contributed by atoms with Gasteiger partial charge in [0.15, 0.2) is 11.6 Å². The minimum atomic E-state index is -0.937. The zero-order chi connectivity index (χ0) is 18.7. The molecule has 1 aliphatic carbocycles. The Kier molecular flexibility index (Phi) is 7.38. The summed E-state index contributed by atoms with van der Waals surface area (Å²) in [6.45, 7) is 0. The van der Waals surface area contributed by atoms with Crippen molar-refractivity contribution in [1.82, 2.24) is 4.90 Å². The van der Waals surface area contributed by atoms with Crippen LogP contribution in [0.2, 0.25) is 0 Å². The van der Waals surface area contributed by atoms with Gasteiger partial charge in [-0.2, -0.15) is 0 Å². The van der Waals surface area contributed by atoms with Crippen LogP contribution >= 0.6 is 12.4 Å². The lowest BCUT2D eigenvalue weighted by molar-refractivity contribution is -0.0771. The average molecular weight is 396 g/mol.